The van der Waals surface area contributed by atoms with Gasteiger partial charge in [-0.2, -0.15) is 0 Å². The van der Waals surface area contributed by atoms with Crippen molar-refractivity contribution in [1.82, 2.24) is 0 Å². The number of aliphatic hydroxyl groups is 1. The lowest BCUT2D eigenvalue weighted by Crippen LogP contribution is -2.50. The lowest BCUT2D eigenvalue weighted by atomic mass is 9.67. The molecule has 0 saturated carbocycles. The molecule has 0 saturated heterocycles. The Morgan fingerprint density at radius 2 is 1.66 bits per heavy atom. The van der Waals surface area contributed by atoms with E-state index >= 15 is 0 Å². The molecule has 0 unspecified atom stereocenters. The Balaban J connectivity index is 1.50. The number of ketones is 2. The van der Waals surface area contributed by atoms with Crippen molar-refractivity contribution in [2.24, 2.45) is 5.92 Å². The summed E-state index contributed by atoms with van der Waals surface area (Å²) in [7, 11) is 0. The van der Waals surface area contributed by atoms with Gasteiger partial charge in [-0.25, -0.2) is 0 Å². The van der Waals surface area contributed by atoms with E-state index in [0.29, 0.717) is 23.8 Å². The van der Waals surface area contributed by atoms with Gasteiger partial charge in [-0.3, -0.25) is 9.59 Å². The number of benzene rings is 1. The molecule has 0 bridgehead atoms. The average Bonchev–Trinajstić information content (AvgIpc) is 2.82. The number of Topliss-reactive ketones (excluding diaryl/α,β-unsaturated/α-hetero) is 2. The van der Waals surface area contributed by atoms with E-state index in [1.54, 1.807) is 18.2 Å². The Morgan fingerprint density at radius 1 is 1.00 bits per heavy atom. The first-order chi connectivity index (χ1) is 16.8. The van der Waals surface area contributed by atoms with Crippen LogP contribution in [0.2, 0.25) is 5.02 Å². The molecule has 0 radical (unpaired) electrons. The minimum atomic E-state index is -0.727. The van der Waals surface area contributed by atoms with E-state index in [0.717, 1.165) is 24.8 Å². The summed E-state index contributed by atoms with van der Waals surface area (Å²) in [5.74, 6) is -1.20. The number of allylic oxidation sites excluding steroid dienone is 2. The number of ether oxygens (including phenoxy) is 2. The fourth-order valence-corrected chi connectivity index (χ4v) is 5.83. The van der Waals surface area contributed by atoms with Crippen molar-refractivity contribution in [3.63, 3.8) is 0 Å². The Hall–Kier alpha value is -2.27. The van der Waals surface area contributed by atoms with E-state index in [1.807, 2.05) is 13.8 Å². The van der Waals surface area contributed by atoms with Crippen LogP contribution in [0.4, 0.5) is 0 Å². The summed E-state index contributed by atoms with van der Waals surface area (Å²) in [4.78, 5) is 27.0. The third-order valence-corrected chi connectivity index (χ3v) is 7.93. The van der Waals surface area contributed by atoms with Gasteiger partial charge in [-0.1, -0.05) is 69.9 Å². The molecule has 5 nitrogen and oxygen atoms in total. The molecule has 1 aromatic rings. The number of aliphatic hydroxyl groups excluding tert-OH is 1. The summed E-state index contributed by atoms with van der Waals surface area (Å²) in [6.07, 6.45) is 10.8. The van der Waals surface area contributed by atoms with Crippen molar-refractivity contribution in [3.8, 4) is 5.75 Å². The molecule has 6 heteroatoms. The second-order valence-corrected chi connectivity index (χ2v) is 11.0. The Bertz CT molecular complexity index is 1050. The van der Waals surface area contributed by atoms with Gasteiger partial charge in [0.05, 0.1) is 12.2 Å². The Morgan fingerprint density at radius 3 is 2.34 bits per heavy atom. The summed E-state index contributed by atoms with van der Waals surface area (Å²) in [6.45, 7) is 6.41. The molecule has 0 aromatic heterocycles. The molecule has 1 aromatic carbocycles. The van der Waals surface area contributed by atoms with Crippen LogP contribution in [-0.4, -0.2) is 28.9 Å². The quantitative estimate of drug-likeness (QED) is 0.268. The van der Waals surface area contributed by atoms with E-state index in [4.69, 9.17) is 21.1 Å². The van der Waals surface area contributed by atoms with Crippen molar-refractivity contribution in [3.05, 3.63) is 51.4 Å². The number of rotatable bonds is 10. The van der Waals surface area contributed by atoms with E-state index < -0.39 is 23.1 Å². The molecule has 1 aliphatic carbocycles. The van der Waals surface area contributed by atoms with E-state index in [1.165, 1.54) is 38.5 Å². The fraction of sp³-hybridized carbons (Fsp3) is 0.586. The minimum Gasteiger partial charge on any atom is -0.504 e. The smallest absolute Gasteiger partial charge is 0.228 e. The molecule has 0 spiro atoms. The third kappa shape index (κ3) is 5.16. The maximum atomic E-state index is 13.5. The van der Waals surface area contributed by atoms with Gasteiger partial charge in [-0.05, 0) is 44.9 Å². The van der Waals surface area contributed by atoms with Gasteiger partial charge in [0, 0.05) is 28.0 Å². The highest BCUT2D eigenvalue weighted by atomic mass is 35.5. The molecule has 1 N–H and O–H groups in total. The standard InChI is InChI=1S/C29H37ClO5/c1-4-5-6-7-8-9-10-11-12-13-19-25(31)27(33)24-23-20-16-18(30)14-15-22(20)34-17-21(23)29(2,3)35-28(24)26(19)32/h14-16,21,23,31H,4-13,17H2,1-3H3/t21-,23+/m1/s1. The van der Waals surface area contributed by atoms with Crippen LogP contribution in [0.3, 0.4) is 0 Å². The number of hydrogen-bond acceptors (Lipinski definition) is 5. The molecule has 35 heavy (non-hydrogen) atoms. The number of carbonyl (C=O) groups excluding carboxylic acids is 2. The van der Waals surface area contributed by atoms with Crippen LogP contribution in [-0.2, 0) is 14.3 Å². The Labute approximate surface area is 213 Å². The number of fused-ring (bicyclic) bond motifs is 4. The van der Waals surface area contributed by atoms with Crippen LogP contribution >= 0.6 is 11.6 Å². The maximum absolute atomic E-state index is 13.5. The lowest BCUT2D eigenvalue weighted by molar-refractivity contribution is -0.130. The molecule has 190 valence electrons. The predicted octanol–water partition coefficient (Wildman–Crippen LogP) is 7.38. The molecule has 0 amide bonds. The normalized spacial score (nSPS) is 22.9. The Kier molecular flexibility index (Phi) is 7.95. The molecule has 3 aliphatic rings. The second kappa shape index (κ2) is 10.8. The van der Waals surface area contributed by atoms with Gasteiger partial charge in [0.2, 0.25) is 11.6 Å². The van der Waals surface area contributed by atoms with Crippen LogP contribution in [0.5, 0.6) is 5.75 Å². The monoisotopic (exact) mass is 500 g/mol. The van der Waals surface area contributed by atoms with Crippen LogP contribution in [0.1, 0.15) is 96.5 Å². The van der Waals surface area contributed by atoms with Crippen LogP contribution in [0.25, 0.3) is 0 Å². The summed E-state index contributed by atoms with van der Waals surface area (Å²) >= 11 is 6.28. The first-order valence-electron chi connectivity index (χ1n) is 13.1. The molecular formula is C29H37ClO5. The van der Waals surface area contributed by atoms with Gasteiger partial charge in [-0.15, -0.1) is 0 Å². The largest absolute Gasteiger partial charge is 0.504 e. The minimum absolute atomic E-state index is 0.0813. The molecule has 4 rings (SSSR count). The lowest BCUT2D eigenvalue weighted by Gasteiger charge is -2.48. The van der Waals surface area contributed by atoms with Gasteiger partial charge in [0.25, 0.3) is 0 Å². The van der Waals surface area contributed by atoms with Gasteiger partial charge >= 0.3 is 0 Å². The average molecular weight is 501 g/mol. The molecule has 0 fully saturated rings. The topological polar surface area (TPSA) is 72.8 Å². The highest BCUT2D eigenvalue weighted by Crippen LogP contribution is 2.53. The van der Waals surface area contributed by atoms with Crippen molar-refractivity contribution >= 4 is 23.2 Å². The third-order valence-electron chi connectivity index (χ3n) is 7.70. The van der Waals surface area contributed by atoms with Crippen molar-refractivity contribution in [2.45, 2.75) is 96.5 Å². The number of hydrogen-bond donors (Lipinski definition) is 1. The second-order valence-electron chi connectivity index (χ2n) is 10.6. The van der Waals surface area contributed by atoms with E-state index in [2.05, 4.69) is 6.92 Å². The van der Waals surface area contributed by atoms with Crippen molar-refractivity contribution in [1.29, 1.82) is 0 Å². The van der Waals surface area contributed by atoms with Crippen molar-refractivity contribution in [2.75, 3.05) is 6.61 Å². The zero-order valence-electron chi connectivity index (χ0n) is 21.1. The van der Waals surface area contributed by atoms with Crippen LogP contribution in [0, 0.1) is 5.92 Å². The molecule has 2 atom stereocenters. The fourth-order valence-electron chi connectivity index (χ4n) is 5.65. The van der Waals surface area contributed by atoms with Gasteiger partial charge in [0.1, 0.15) is 11.4 Å². The van der Waals surface area contributed by atoms with E-state index in [9.17, 15) is 14.7 Å². The molecular weight excluding hydrogens is 464 g/mol. The highest BCUT2D eigenvalue weighted by molar-refractivity contribution is 6.30. The predicted molar refractivity (Wildman–Crippen MR) is 137 cm³/mol. The SMILES string of the molecule is CCCCCCCCCCCC1=C(O)C(=O)C2=C(OC(C)(C)[C@@H]3COc4ccc(Cl)cc4[C@H]23)C1=O. The molecule has 2 aliphatic heterocycles. The van der Waals surface area contributed by atoms with E-state index in [-0.39, 0.29) is 28.6 Å². The summed E-state index contributed by atoms with van der Waals surface area (Å²) in [5, 5.41) is 11.4. The first-order valence-corrected chi connectivity index (χ1v) is 13.5. The zero-order valence-corrected chi connectivity index (χ0v) is 21.9. The zero-order chi connectivity index (χ0) is 25.2. The van der Waals surface area contributed by atoms with Crippen LogP contribution in [0.15, 0.2) is 40.9 Å². The van der Waals surface area contributed by atoms with Gasteiger partial charge in [0.15, 0.2) is 11.5 Å². The maximum Gasteiger partial charge on any atom is 0.228 e. The summed E-state index contributed by atoms with van der Waals surface area (Å²) in [5.41, 5.74) is 0.452. The number of carbonyl (C=O) groups is 2. The van der Waals surface area contributed by atoms with Crippen molar-refractivity contribution < 1.29 is 24.2 Å². The summed E-state index contributed by atoms with van der Waals surface area (Å²) < 4.78 is 12.2. The summed E-state index contributed by atoms with van der Waals surface area (Å²) in [6, 6.07) is 5.32. The van der Waals surface area contributed by atoms with Gasteiger partial charge < -0.3 is 14.6 Å². The highest BCUT2D eigenvalue weighted by Gasteiger charge is 2.54. The number of unbranched alkanes of at least 4 members (excludes halogenated alkanes) is 8. The van der Waals surface area contributed by atoms with Crippen LogP contribution < -0.4 is 4.74 Å². The molecule has 2 heterocycles. The number of halogens is 1. The first kappa shape index (κ1) is 25.8.